The number of amides is 1. The van der Waals surface area contributed by atoms with Gasteiger partial charge in [-0.2, -0.15) is 18.9 Å². The van der Waals surface area contributed by atoms with Crippen molar-refractivity contribution in [1.29, 1.82) is 0 Å². The van der Waals surface area contributed by atoms with Crippen molar-refractivity contribution in [1.82, 2.24) is 28.9 Å². The average Bonchev–Trinajstić information content (AvgIpc) is 3.30. The molecule has 0 unspecified atom stereocenters. The number of anilines is 1. The van der Waals surface area contributed by atoms with Crippen LogP contribution in [-0.2, 0) is 19.6 Å². The fourth-order valence-corrected chi connectivity index (χ4v) is 5.39. The Kier molecular flexibility index (Phi) is 4.59. The molecule has 1 aliphatic heterocycles. The number of hydrogen-bond donors (Lipinski definition) is 1. The van der Waals surface area contributed by atoms with Crippen LogP contribution in [0.15, 0.2) is 29.0 Å². The van der Waals surface area contributed by atoms with Crippen molar-refractivity contribution in [3.05, 3.63) is 30.5 Å². The zero-order valence-electron chi connectivity index (χ0n) is 14.1. The zero-order chi connectivity index (χ0) is 19.0. The normalized spacial score (nSPS) is 18.6. The molecule has 3 aromatic heterocycles. The Bertz CT molecular complexity index is 1090. The topological polar surface area (TPSA) is 132 Å². The number of nitrogens with zero attached hydrogens (tertiary/aromatic N) is 6. The quantitative estimate of drug-likeness (QED) is 0.651. The molecule has 1 amide bonds. The Morgan fingerprint density at radius 1 is 1.37 bits per heavy atom. The highest BCUT2D eigenvalue weighted by Gasteiger charge is 2.34. The third-order valence-electron chi connectivity index (χ3n) is 3.93. The number of hydrogen-bond acceptors (Lipinski definition) is 9. The summed E-state index contributed by atoms with van der Waals surface area (Å²) in [6.45, 7) is 1.91. The number of carbonyl (C=O) groups is 1. The Labute approximate surface area is 158 Å². The van der Waals surface area contributed by atoms with Crippen LogP contribution >= 0.6 is 11.3 Å². The molecule has 1 N–H and O–H groups in total. The SMILES string of the molecule is CC(=O)Nc1ncc(S(=O)(=O)N2CCO[C@@H](c3ccnc4ncnn34)C2)s1. The number of fused-ring (bicyclic) bond motifs is 1. The summed E-state index contributed by atoms with van der Waals surface area (Å²) >= 11 is 0.912. The number of aromatic nitrogens is 5. The Hall–Kier alpha value is -2.48. The van der Waals surface area contributed by atoms with E-state index in [9.17, 15) is 13.2 Å². The van der Waals surface area contributed by atoms with Crippen LogP contribution in [0.2, 0.25) is 0 Å². The predicted octanol–water partition coefficient (Wildman–Crippen LogP) is 0.301. The Morgan fingerprint density at radius 3 is 3.04 bits per heavy atom. The van der Waals surface area contributed by atoms with Gasteiger partial charge >= 0.3 is 0 Å². The first-order chi connectivity index (χ1) is 12.9. The molecule has 0 bridgehead atoms. The first kappa shape index (κ1) is 17.9. The lowest BCUT2D eigenvalue weighted by Gasteiger charge is -2.31. The third kappa shape index (κ3) is 3.41. The first-order valence-corrected chi connectivity index (χ1v) is 10.2. The maximum absolute atomic E-state index is 13.0. The second-order valence-electron chi connectivity index (χ2n) is 5.73. The summed E-state index contributed by atoms with van der Waals surface area (Å²) in [4.78, 5) is 23.2. The van der Waals surface area contributed by atoms with E-state index in [1.165, 1.54) is 28.3 Å². The summed E-state index contributed by atoms with van der Waals surface area (Å²) in [5.41, 5.74) is 0.667. The van der Waals surface area contributed by atoms with Gasteiger partial charge in [0.15, 0.2) is 9.34 Å². The minimum atomic E-state index is -3.76. The van der Waals surface area contributed by atoms with Gasteiger partial charge in [0.2, 0.25) is 5.91 Å². The van der Waals surface area contributed by atoms with Crippen LogP contribution in [0, 0.1) is 0 Å². The van der Waals surface area contributed by atoms with Crippen molar-refractivity contribution in [3.63, 3.8) is 0 Å². The second kappa shape index (κ2) is 6.92. The molecular formula is C14H15N7O4S2. The number of ether oxygens (including phenoxy) is 1. The summed E-state index contributed by atoms with van der Waals surface area (Å²) in [6.07, 6.45) is 3.70. The summed E-state index contributed by atoms with van der Waals surface area (Å²) in [6, 6.07) is 1.73. The summed E-state index contributed by atoms with van der Waals surface area (Å²) < 4.78 is 34.6. The van der Waals surface area contributed by atoms with Crippen molar-refractivity contribution < 1.29 is 17.9 Å². The molecule has 3 aromatic rings. The molecule has 27 heavy (non-hydrogen) atoms. The van der Waals surface area contributed by atoms with Crippen LogP contribution in [0.3, 0.4) is 0 Å². The van der Waals surface area contributed by atoms with Crippen LogP contribution in [0.1, 0.15) is 18.7 Å². The van der Waals surface area contributed by atoms with E-state index in [4.69, 9.17) is 4.74 Å². The minimum Gasteiger partial charge on any atom is -0.369 e. The largest absolute Gasteiger partial charge is 0.369 e. The van der Waals surface area contributed by atoms with Gasteiger partial charge in [-0.15, -0.1) is 0 Å². The van der Waals surface area contributed by atoms with E-state index >= 15 is 0 Å². The van der Waals surface area contributed by atoms with Crippen LogP contribution in [0.4, 0.5) is 5.13 Å². The molecule has 0 radical (unpaired) electrons. The van der Waals surface area contributed by atoms with Gasteiger partial charge in [0.05, 0.1) is 18.5 Å². The average molecular weight is 409 g/mol. The fraction of sp³-hybridized carbons (Fsp3) is 0.357. The number of carbonyl (C=O) groups excluding carboxylic acids is 1. The van der Waals surface area contributed by atoms with E-state index in [2.05, 4.69) is 25.4 Å². The molecular weight excluding hydrogens is 394 g/mol. The standard InChI is InChI=1S/C14H15N7O4S2/c1-9(22)19-14-16-6-12(26-14)27(23,24)20-4-5-25-11(7-20)10-2-3-15-13-17-8-18-21(10)13/h2-3,6,8,11H,4-5,7H2,1H3,(H,16,19,22)/t11-/m1/s1. The van der Waals surface area contributed by atoms with E-state index in [1.807, 2.05) is 0 Å². The van der Waals surface area contributed by atoms with Gasteiger partial charge in [-0.25, -0.2) is 18.4 Å². The van der Waals surface area contributed by atoms with Crippen LogP contribution in [0.5, 0.6) is 0 Å². The lowest BCUT2D eigenvalue weighted by Crippen LogP contribution is -2.42. The lowest BCUT2D eigenvalue weighted by atomic mass is 10.2. The molecule has 0 aliphatic carbocycles. The highest BCUT2D eigenvalue weighted by molar-refractivity contribution is 7.91. The lowest BCUT2D eigenvalue weighted by molar-refractivity contribution is -0.114. The van der Waals surface area contributed by atoms with E-state index in [-0.39, 0.29) is 34.9 Å². The van der Waals surface area contributed by atoms with E-state index in [1.54, 1.807) is 12.3 Å². The number of thiazole rings is 1. The molecule has 0 aromatic carbocycles. The summed E-state index contributed by atoms with van der Waals surface area (Å²) in [5.74, 6) is 0.104. The molecule has 1 fully saturated rings. The van der Waals surface area contributed by atoms with E-state index in [0.29, 0.717) is 11.5 Å². The van der Waals surface area contributed by atoms with Gasteiger partial charge < -0.3 is 10.1 Å². The summed E-state index contributed by atoms with van der Waals surface area (Å²) in [5, 5.41) is 6.84. The van der Waals surface area contributed by atoms with Gasteiger partial charge in [0.1, 0.15) is 12.4 Å². The minimum absolute atomic E-state index is 0.0625. The summed E-state index contributed by atoms with van der Waals surface area (Å²) in [7, 11) is -3.76. The molecule has 0 spiro atoms. The van der Waals surface area contributed by atoms with Crippen LogP contribution in [-0.4, -0.2) is 62.9 Å². The molecule has 11 nitrogen and oxygen atoms in total. The first-order valence-electron chi connectivity index (χ1n) is 7.95. The number of morpholine rings is 1. The number of sulfonamides is 1. The van der Waals surface area contributed by atoms with Gasteiger partial charge in [-0.05, 0) is 6.07 Å². The maximum atomic E-state index is 13.0. The smallest absolute Gasteiger partial charge is 0.254 e. The van der Waals surface area contributed by atoms with Crippen molar-refractivity contribution in [3.8, 4) is 0 Å². The highest BCUT2D eigenvalue weighted by atomic mass is 32.2. The zero-order valence-corrected chi connectivity index (χ0v) is 15.8. The van der Waals surface area contributed by atoms with Crippen molar-refractivity contribution in [2.45, 2.75) is 17.2 Å². The van der Waals surface area contributed by atoms with Gasteiger partial charge in [0, 0.05) is 26.2 Å². The Balaban J connectivity index is 1.59. The number of nitrogens with one attached hydrogen (secondary N) is 1. The third-order valence-corrected chi connectivity index (χ3v) is 7.14. The molecule has 1 atom stereocenters. The van der Waals surface area contributed by atoms with E-state index in [0.717, 1.165) is 11.3 Å². The predicted molar refractivity (Wildman–Crippen MR) is 94.7 cm³/mol. The van der Waals surface area contributed by atoms with Crippen molar-refractivity contribution >= 4 is 38.2 Å². The van der Waals surface area contributed by atoms with Gasteiger partial charge in [0.25, 0.3) is 15.8 Å². The molecule has 1 aliphatic rings. The highest BCUT2D eigenvalue weighted by Crippen LogP contribution is 2.30. The fourth-order valence-electron chi connectivity index (χ4n) is 2.74. The molecule has 142 valence electrons. The van der Waals surface area contributed by atoms with E-state index < -0.39 is 16.1 Å². The van der Waals surface area contributed by atoms with Gasteiger partial charge in [-0.3, -0.25) is 4.79 Å². The second-order valence-corrected chi connectivity index (χ2v) is 8.93. The van der Waals surface area contributed by atoms with Crippen molar-refractivity contribution in [2.24, 2.45) is 0 Å². The van der Waals surface area contributed by atoms with Crippen LogP contribution < -0.4 is 5.32 Å². The molecule has 13 heteroatoms. The van der Waals surface area contributed by atoms with Crippen LogP contribution in [0.25, 0.3) is 5.78 Å². The van der Waals surface area contributed by atoms with Crippen molar-refractivity contribution in [2.75, 3.05) is 25.0 Å². The molecule has 4 heterocycles. The monoisotopic (exact) mass is 409 g/mol. The Morgan fingerprint density at radius 2 is 2.22 bits per heavy atom. The molecule has 4 rings (SSSR count). The molecule has 0 saturated carbocycles. The number of rotatable bonds is 4. The van der Waals surface area contributed by atoms with Gasteiger partial charge in [-0.1, -0.05) is 11.3 Å². The molecule has 1 saturated heterocycles. The maximum Gasteiger partial charge on any atom is 0.254 e.